The number of halogens is 3. The SMILES string of the molecule is O=C(O)NCC(C(=O)NCCC(C(=O)c1nc2ccccc2o1)c1ccccc1)S(=O)(=O)Cc1cnccc1C(F)(F)F. The summed E-state index contributed by atoms with van der Waals surface area (Å²) >= 11 is 0. The number of carboxylic acid groups (broad SMARTS) is 1. The lowest BCUT2D eigenvalue weighted by Crippen LogP contribution is -2.47. The second-order valence-corrected chi connectivity index (χ2v) is 11.6. The van der Waals surface area contributed by atoms with Crippen molar-refractivity contribution >= 4 is 38.7 Å². The molecule has 2 aromatic heterocycles. The van der Waals surface area contributed by atoms with Crippen molar-refractivity contribution in [1.29, 1.82) is 0 Å². The highest BCUT2D eigenvalue weighted by atomic mass is 32.2. The molecule has 2 atom stereocenters. The first-order valence-corrected chi connectivity index (χ1v) is 14.5. The number of nitrogens with zero attached hydrogens (tertiary/aromatic N) is 2. The van der Waals surface area contributed by atoms with E-state index in [4.69, 9.17) is 9.52 Å². The fourth-order valence-electron chi connectivity index (χ4n) is 4.41. The van der Waals surface area contributed by atoms with Crippen LogP contribution in [0.15, 0.2) is 77.5 Å². The number of hydrogen-bond donors (Lipinski definition) is 3. The van der Waals surface area contributed by atoms with Gasteiger partial charge in [-0.05, 0) is 35.7 Å². The molecule has 0 saturated heterocycles. The highest BCUT2D eigenvalue weighted by Crippen LogP contribution is 2.32. The average molecular weight is 619 g/mol. The summed E-state index contributed by atoms with van der Waals surface area (Å²) in [5.41, 5.74) is -0.521. The number of para-hydroxylation sites is 2. The molecule has 0 aliphatic heterocycles. The molecule has 0 fully saturated rings. The van der Waals surface area contributed by atoms with Crippen molar-refractivity contribution in [3.05, 3.63) is 95.6 Å². The summed E-state index contributed by atoms with van der Waals surface area (Å²) in [5, 5.41) is 11.1. The van der Waals surface area contributed by atoms with Crippen LogP contribution in [0.4, 0.5) is 18.0 Å². The lowest BCUT2D eigenvalue weighted by atomic mass is 9.91. The summed E-state index contributed by atoms with van der Waals surface area (Å²) in [4.78, 5) is 45.4. The molecule has 15 heteroatoms. The number of fused-ring (bicyclic) bond motifs is 1. The maximum Gasteiger partial charge on any atom is 0.416 e. The standard InChI is InChI=1S/C28H25F3N4O7S/c29-28(30,31)20-11-12-32-14-18(20)16-43(40,41)23(15-34-27(38)39)25(37)33-13-10-19(17-6-2-1-3-7-17)24(36)26-35-21-8-4-5-9-22(21)42-26/h1-9,11-12,14,19,23,34H,10,13,15-16H2,(H,33,37)(H,38,39). The van der Waals surface area contributed by atoms with Gasteiger partial charge in [-0.15, -0.1) is 0 Å². The number of carbonyl (C=O) groups is 3. The molecule has 3 N–H and O–H groups in total. The quantitative estimate of drug-likeness (QED) is 0.199. The van der Waals surface area contributed by atoms with Crippen molar-refractivity contribution in [2.45, 2.75) is 29.5 Å². The predicted octanol–water partition coefficient (Wildman–Crippen LogP) is 3.97. The fraction of sp³-hybridized carbons (Fsp3) is 0.250. The number of sulfone groups is 1. The summed E-state index contributed by atoms with van der Waals surface area (Å²) in [7, 11) is -4.70. The summed E-state index contributed by atoms with van der Waals surface area (Å²) in [6.07, 6.45) is -4.99. The van der Waals surface area contributed by atoms with E-state index in [1.165, 1.54) is 0 Å². The van der Waals surface area contributed by atoms with Gasteiger partial charge in [0.15, 0.2) is 20.7 Å². The van der Waals surface area contributed by atoms with Crippen molar-refractivity contribution in [3.63, 3.8) is 0 Å². The van der Waals surface area contributed by atoms with Crippen molar-refractivity contribution in [3.8, 4) is 0 Å². The highest BCUT2D eigenvalue weighted by Gasteiger charge is 2.38. The molecule has 11 nitrogen and oxygen atoms in total. The topological polar surface area (TPSA) is 169 Å². The first-order valence-electron chi connectivity index (χ1n) is 12.8. The number of amides is 2. The van der Waals surface area contributed by atoms with Gasteiger partial charge in [0, 0.05) is 25.5 Å². The molecule has 2 unspecified atom stereocenters. The van der Waals surface area contributed by atoms with E-state index < -0.39 is 68.4 Å². The molecule has 0 spiro atoms. The van der Waals surface area contributed by atoms with Crippen LogP contribution in [0.25, 0.3) is 11.1 Å². The van der Waals surface area contributed by atoms with E-state index in [0.29, 0.717) is 22.7 Å². The minimum absolute atomic E-state index is 0.0345. The molecule has 0 saturated carbocycles. The van der Waals surface area contributed by atoms with Crippen LogP contribution < -0.4 is 10.6 Å². The zero-order valence-corrected chi connectivity index (χ0v) is 23.1. The predicted molar refractivity (Wildman–Crippen MR) is 147 cm³/mol. The van der Waals surface area contributed by atoms with E-state index in [2.05, 4.69) is 15.3 Å². The maximum absolute atomic E-state index is 13.4. The summed E-state index contributed by atoms with van der Waals surface area (Å²) in [5.74, 6) is -3.91. The smallest absolute Gasteiger partial charge is 0.416 e. The third kappa shape index (κ3) is 7.74. The van der Waals surface area contributed by atoms with Crippen molar-refractivity contribution < 1.29 is 45.5 Å². The first kappa shape index (κ1) is 31.2. The normalized spacial score (nSPS) is 13.3. The molecule has 2 amide bonds. The summed E-state index contributed by atoms with van der Waals surface area (Å²) < 4.78 is 72.3. The lowest BCUT2D eigenvalue weighted by molar-refractivity contribution is -0.138. The number of aromatic nitrogens is 2. The van der Waals surface area contributed by atoms with Gasteiger partial charge in [-0.3, -0.25) is 14.6 Å². The van der Waals surface area contributed by atoms with Gasteiger partial charge in [-0.25, -0.2) is 18.2 Å². The first-order chi connectivity index (χ1) is 20.4. The van der Waals surface area contributed by atoms with E-state index >= 15 is 0 Å². The second-order valence-electron chi connectivity index (χ2n) is 9.41. The summed E-state index contributed by atoms with van der Waals surface area (Å²) in [6.45, 7) is -1.17. The molecular weight excluding hydrogens is 593 g/mol. The van der Waals surface area contributed by atoms with Crippen LogP contribution in [-0.2, 0) is 26.6 Å². The van der Waals surface area contributed by atoms with Crippen LogP contribution in [0.5, 0.6) is 0 Å². The Kier molecular flexibility index (Phi) is 9.43. The number of benzene rings is 2. The van der Waals surface area contributed by atoms with E-state index in [-0.39, 0.29) is 18.9 Å². The van der Waals surface area contributed by atoms with Crippen LogP contribution in [0.2, 0.25) is 0 Å². The number of hydrogen-bond acceptors (Lipinski definition) is 8. The molecule has 0 bridgehead atoms. The fourth-order valence-corrected chi connectivity index (χ4v) is 6.02. The minimum Gasteiger partial charge on any atom is -0.465 e. The van der Waals surface area contributed by atoms with Gasteiger partial charge in [-0.2, -0.15) is 13.2 Å². The number of Topliss-reactive ketones (excluding diaryl/α,β-unsaturated/α-hetero) is 1. The highest BCUT2D eigenvalue weighted by molar-refractivity contribution is 7.92. The molecule has 0 aliphatic rings. The molecule has 0 radical (unpaired) electrons. The third-order valence-electron chi connectivity index (χ3n) is 6.49. The number of ketones is 1. The Balaban J connectivity index is 1.53. The average Bonchev–Trinajstić information content (AvgIpc) is 3.39. The van der Waals surface area contributed by atoms with Gasteiger partial charge < -0.3 is 20.2 Å². The molecule has 43 heavy (non-hydrogen) atoms. The largest absolute Gasteiger partial charge is 0.465 e. The van der Waals surface area contributed by atoms with Crippen molar-refractivity contribution in [1.82, 2.24) is 20.6 Å². The Hall–Kier alpha value is -4.79. The van der Waals surface area contributed by atoms with E-state index in [1.807, 2.05) is 0 Å². The van der Waals surface area contributed by atoms with Gasteiger partial charge in [-0.1, -0.05) is 42.5 Å². The second kappa shape index (κ2) is 13.0. The van der Waals surface area contributed by atoms with Crippen molar-refractivity contribution in [2.75, 3.05) is 13.1 Å². The van der Waals surface area contributed by atoms with E-state index in [0.717, 1.165) is 12.4 Å². The van der Waals surface area contributed by atoms with Crippen LogP contribution in [0.1, 0.15) is 39.7 Å². The zero-order chi connectivity index (χ0) is 31.2. The summed E-state index contributed by atoms with van der Waals surface area (Å²) in [6, 6.07) is 15.9. The molecule has 2 aromatic carbocycles. The number of rotatable bonds is 12. The minimum atomic E-state index is -4.89. The van der Waals surface area contributed by atoms with Crippen LogP contribution in [0.3, 0.4) is 0 Å². The lowest BCUT2D eigenvalue weighted by Gasteiger charge is -2.20. The molecule has 226 valence electrons. The number of alkyl halides is 3. The van der Waals surface area contributed by atoms with Crippen LogP contribution in [0, 0.1) is 0 Å². The number of pyridine rings is 1. The molecule has 4 rings (SSSR count). The Bertz CT molecular complexity index is 1690. The van der Waals surface area contributed by atoms with E-state index in [1.54, 1.807) is 59.9 Å². The van der Waals surface area contributed by atoms with Crippen LogP contribution in [-0.4, -0.2) is 59.6 Å². The number of oxazole rings is 1. The number of nitrogens with one attached hydrogen (secondary N) is 2. The van der Waals surface area contributed by atoms with Gasteiger partial charge in [0.25, 0.3) is 5.89 Å². The maximum atomic E-state index is 13.4. The Morgan fingerprint density at radius 1 is 0.977 bits per heavy atom. The monoisotopic (exact) mass is 618 g/mol. The Labute approximate surface area is 243 Å². The van der Waals surface area contributed by atoms with Crippen molar-refractivity contribution in [2.24, 2.45) is 0 Å². The third-order valence-corrected chi connectivity index (χ3v) is 8.45. The number of carbonyl (C=O) groups excluding carboxylic acids is 2. The van der Waals surface area contributed by atoms with Gasteiger partial charge >= 0.3 is 12.3 Å². The molecule has 0 aliphatic carbocycles. The molecule has 4 aromatic rings. The Morgan fingerprint density at radius 2 is 1.67 bits per heavy atom. The molecule has 2 heterocycles. The van der Waals surface area contributed by atoms with Gasteiger partial charge in [0.05, 0.1) is 17.2 Å². The molecular formula is C28H25F3N4O7S. The zero-order valence-electron chi connectivity index (χ0n) is 22.2. The van der Waals surface area contributed by atoms with Gasteiger partial charge in [0.2, 0.25) is 11.7 Å². The van der Waals surface area contributed by atoms with Crippen LogP contribution >= 0.6 is 0 Å². The Morgan fingerprint density at radius 3 is 2.35 bits per heavy atom. The van der Waals surface area contributed by atoms with Gasteiger partial charge in [0.1, 0.15) is 5.52 Å². The van der Waals surface area contributed by atoms with E-state index in [9.17, 15) is 36.0 Å².